The molecule has 168 valence electrons. The first-order valence-electron chi connectivity index (χ1n) is 10.7. The molecule has 1 amide bonds. The fourth-order valence-corrected chi connectivity index (χ4v) is 3.90. The van der Waals surface area contributed by atoms with Crippen molar-refractivity contribution in [2.45, 2.75) is 6.92 Å². The molecule has 7 nitrogen and oxygen atoms in total. The number of carbonyl (C=O) groups excluding carboxylic acids is 1. The highest BCUT2D eigenvalue weighted by Gasteiger charge is 2.12. The van der Waals surface area contributed by atoms with Crippen LogP contribution in [0, 0.1) is 6.92 Å². The smallest absolute Gasteiger partial charge is 0.264 e. The second-order valence-corrected chi connectivity index (χ2v) is 8.16. The number of benzene rings is 4. The zero-order valence-electron chi connectivity index (χ0n) is 18.4. The molecule has 8 heteroatoms. The second kappa shape index (κ2) is 9.29. The Morgan fingerprint density at radius 2 is 1.65 bits per heavy atom. The number of fused-ring (bicyclic) bond motifs is 2. The second-order valence-electron chi connectivity index (χ2n) is 7.75. The average molecular weight is 468 g/mol. The number of ether oxygens (including phenoxy) is 1. The molecule has 5 aromatic rings. The van der Waals surface area contributed by atoms with Crippen LogP contribution < -0.4 is 15.4 Å². The molecule has 0 spiro atoms. The van der Waals surface area contributed by atoms with E-state index in [0.717, 1.165) is 33.2 Å². The van der Waals surface area contributed by atoms with E-state index in [2.05, 4.69) is 39.0 Å². The van der Waals surface area contributed by atoms with Crippen molar-refractivity contribution >= 4 is 50.7 Å². The number of nitrogens with one attached hydrogen (secondary N) is 2. The minimum Gasteiger partial charge on any atom is -0.484 e. The molecule has 34 heavy (non-hydrogen) atoms. The first-order valence-corrected chi connectivity index (χ1v) is 11.1. The fourth-order valence-electron chi connectivity index (χ4n) is 3.67. The highest BCUT2D eigenvalue weighted by atomic mass is 32.1. The first kappa shape index (κ1) is 21.5. The molecule has 0 aliphatic heterocycles. The summed E-state index contributed by atoms with van der Waals surface area (Å²) in [6.45, 7) is 1.81. The van der Waals surface area contributed by atoms with Crippen molar-refractivity contribution in [3.63, 3.8) is 0 Å². The van der Waals surface area contributed by atoms with Crippen LogP contribution >= 0.6 is 12.2 Å². The van der Waals surface area contributed by atoms with E-state index in [1.165, 1.54) is 0 Å². The predicted octanol–water partition coefficient (Wildman–Crippen LogP) is 4.77. The number of hydrogen-bond donors (Lipinski definition) is 2. The number of para-hydroxylation sites is 1. The molecule has 0 saturated carbocycles. The van der Waals surface area contributed by atoms with Gasteiger partial charge in [-0.15, -0.1) is 15.0 Å². The summed E-state index contributed by atoms with van der Waals surface area (Å²) in [5, 5.41) is 17.5. The van der Waals surface area contributed by atoms with Gasteiger partial charge in [-0.05, 0) is 60.4 Å². The van der Waals surface area contributed by atoms with E-state index in [1.807, 2.05) is 61.5 Å². The van der Waals surface area contributed by atoms with Gasteiger partial charge in [0.05, 0.1) is 5.69 Å². The van der Waals surface area contributed by atoms with Gasteiger partial charge in [-0.2, -0.15) is 0 Å². The Kier molecular flexibility index (Phi) is 5.88. The standard InChI is InChI=1S/C26H21N5O2S/c1-17-14-22-23(30-31(29-22)24-13-7-9-18-8-5-6-12-20(18)24)15-21(17)27-26(34)28-25(32)16-33-19-10-3-2-4-11-19/h2-15H,16H2,1H3,(H2,27,28,32,34). The third-order valence-corrected chi connectivity index (χ3v) is 5.53. The third kappa shape index (κ3) is 4.57. The summed E-state index contributed by atoms with van der Waals surface area (Å²) in [5.74, 6) is 0.272. The maximum Gasteiger partial charge on any atom is 0.264 e. The Morgan fingerprint density at radius 3 is 2.47 bits per heavy atom. The molecule has 4 aromatic carbocycles. The molecule has 5 rings (SSSR count). The summed E-state index contributed by atoms with van der Waals surface area (Å²) < 4.78 is 5.46. The van der Waals surface area contributed by atoms with E-state index in [9.17, 15) is 4.79 Å². The van der Waals surface area contributed by atoms with Crippen LogP contribution in [0.1, 0.15) is 5.56 Å². The number of thiocarbonyl (C=S) groups is 1. The number of amides is 1. The molecule has 1 heterocycles. The van der Waals surface area contributed by atoms with Gasteiger partial charge in [-0.25, -0.2) is 0 Å². The van der Waals surface area contributed by atoms with Crippen molar-refractivity contribution in [1.29, 1.82) is 0 Å². The van der Waals surface area contributed by atoms with Crippen molar-refractivity contribution < 1.29 is 9.53 Å². The van der Waals surface area contributed by atoms with Crippen molar-refractivity contribution in [2.75, 3.05) is 11.9 Å². The normalized spacial score (nSPS) is 10.9. The number of aryl methyl sites for hydroxylation is 1. The molecule has 0 aliphatic rings. The van der Waals surface area contributed by atoms with Crippen LogP contribution in [-0.2, 0) is 4.79 Å². The third-order valence-electron chi connectivity index (χ3n) is 5.32. The van der Waals surface area contributed by atoms with Crippen LogP contribution in [0.25, 0.3) is 27.5 Å². The van der Waals surface area contributed by atoms with Crippen molar-refractivity contribution in [2.24, 2.45) is 0 Å². The largest absolute Gasteiger partial charge is 0.484 e. The van der Waals surface area contributed by atoms with Crippen molar-refractivity contribution in [3.8, 4) is 11.4 Å². The van der Waals surface area contributed by atoms with Crippen LogP contribution in [0.2, 0.25) is 0 Å². The lowest BCUT2D eigenvalue weighted by Gasteiger charge is -2.12. The van der Waals surface area contributed by atoms with E-state index >= 15 is 0 Å². The first-order chi connectivity index (χ1) is 16.6. The van der Waals surface area contributed by atoms with Gasteiger partial charge < -0.3 is 10.1 Å². The lowest BCUT2D eigenvalue weighted by Crippen LogP contribution is -2.37. The molecule has 1 aromatic heterocycles. The fraction of sp³-hybridized carbons (Fsp3) is 0.0769. The van der Waals surface area contributed by atoms with Crippen LogP contribution in [0.3, 0.4) is 0 Å². The summed E-state index contributed by atoms with van der Waals surface area (Å²) in [6.07, 6.45) is 0. The maximum absolute atomic E-state index is 12.2. The average Bonchev–Trinajstić information content (AvgIpc) is 3.25. The van der Waals surface area contributed by atoms with E-state index in [-0.39, 0.29) is 17.6 Å². The Morgan fingerprint density at radius 1 is 0.941 bits per heavy atom. The number of anilines is 1. The summed E-state index contributed by atoms with van der Waals surface area (Å²) in [6, 6.07) is 27.1. The lowest BCUT2D eigenvalue weighted by atomic mass is 10.1. The molecular formula is C26H21N5O2S. The molecule has 0 radical (unpaired) electrons. The highest BCUT2D eigenvalue weighted by molar-refractivity contribution is 7.80. The van der Waals surface area contributed by atoms with Gasteiger partial charge >= 0.3 is 0 Å². The van der Waals surface area contributed by atoms with Gasteiger partial charge in [0.25, 0.3) is 5.91 Å². The van der Waals surface area contributed by atoms with Gasteiger partial charge in [-0.1, -0.05) is 54.6 Å². The minimum atomic E-state index is -0.345. The van der Waals surface area contributed by atoms with Gasteiger partial charge in [0.1, 0.15) is 16.8 Å². The topological polar surface area (TPSA) is 81.1 Å². The minimum absolute atomic E-state index is 0.136. The Hall–Kier alpha value is -4.30. The highest BCUT2D eigenvalue weighted by Crippen LogP contribution is 2.25. The summed E-state index contributed by atoms with van der Waals surface area (Å²) in [5.41, 5.74) is 4.05. The Labute approximate surface area is 201 Å². The molecule has 0 fully saturated rings. The SMILES string of the molecule is Cc1cc2nn(-c3cccc4ccccc34)nc2cc1NC(=S)NC(=O)COc1ccccc1. The summed E-state index contributed by atoms with van der Waals surface area (Å²) in [7, 11) is 0. The number of rotatable bonds is 5. The quantitative estimate of drug-likeness (QED) is 0.362. The van der Waals surface area contributed by atoms with Gasteiger partial charge in [0, 0.05) is 11.1 Å². The van der Waals surface area contributed by atoms with Crippen LogP contribution in [0.15, 0.2) is 84.9 Å². The number of hydrogen-bond acceptors (Lipinski definition) is 5. The molecule has 0 aliphatic carbocycles. The molecule has 0 atom stereocenters. The predicted molar refractivity (Wildman–Crippen MR) is 137 cm³/mol. The van der Waals surface area contributed by atoms with Gasteiger partial charge in [0.15, 0.2) is 11.7 Å². The van der Waals surface area contributed by atoms with E-state index in [4.69, 9.17) is 17.0 Å². The van der Waals surface area contributed by atoms with Crippen LogP contribution in [0.4, 0.5) is 5.69 Å². The summed E-state index contributed by atoms with van der Waals surface area (Å²) in [4.78, 5) is 13.8. The van der Waals surface area contributed by atoms with E-state index in [0.29, 0.717) is 11.3 Å². The molecular weight excluding hydrogens is 446 g/mol. The zero-order valence-corrected chi connectivity index (χ0v) is 19.2. The van der Waals surface area contributed by atoms with Crippen molar-refractivity contribution in [3.05, 3.63) is 90.5 Å². The van der Waals surface area contributed by atoms with Crippen LogP contribution in [0.5, 0.6) is 5.75 Å². The van der Waals surface area contributed by atoms with Gasteiger partial charge in [0.2, 0.25) is 0 Å². The van der Waals surface area contributed by atoms with Crippen molar-refractivity contribution in [1.82, 2.24) is 20.3 Å². The van der Waals surface area contributed by atoms with E-state index < -0.39 is 0 Å². The molecule has 2 N–H and O–H groups in total. The number of aromatic nitrogens is 3. The zero-order chi connectivity index (χ0) is 23.5. The number of carbonyl (C=O) groups is 1. The summed E-state index contributed by atoms with van der Waals surface area (Å²) >= 11 is 5.32. The molecule has 0 bridgehead atoms. The van der Waals surface area contributed by atoms with Gasteiger partial charge in [-0.3, -0.25) is 10.1 Å². The number of nitrogens with zero attached hydrogens (tertiary/aromatic N) is 3. The monoisotopic (exact) mass is 467 g/mol. The van der Waals surface area contributed by atoms with E-state index in [1.54, 1.807) is 16.9 Å². The van der Waals surface area contributed by atoms with Crippen LogP contribution in [-0.4, -0.2) is 32.6 Å². The molecule has 0 unspecified atom stereocenters. The maximum atomic E-state index is 12.2. The lowest BCUT2D eigenvalue weighted by molar-refractivity contribution is -0.121. The Bertz CT molecular complexity index is 1510. The Balaban J connectivity index is 1.32. The molecule has 0 saturated heterocycles.